The van der Waals surface area contributed by atoms with Crippen molar-refractivity contribution in [1.82, 2.24) is 15.3 Å². The predicted octanol–water partition coefficient (Wildman–Crippen LogP) is 3.99. The maximum Gasteiger partial charge on any atom is 0.387 e. The molecular formula is C26H29F2N5O3. The second-order valence-corrected chi connectivity index (χ2v) is 8.63. The van der Waals surface area contributed by atoms with Crippen LogP contribution in [0, 0.1) is 6.92 Å². The summed E-state index contributed by atoms with van der Waals surface area (Å²) < 4.78 is 30.4. The maximum absolute atomic E-state index is 12.9. The lowest BCUT2D eigenvalue weighted by Gasteiger charge is -2.22. The van der Waals surface area contributed by atoms with Gasteiger partial charge >= 0.3 is 6.61 Å². The number of ether oxygens (including phenoxy) is 1. The Morgan fingerprint density at radius 3 is 2.67 bits per heavy atom. The molecule has 2 heterocycles. The minimum Gasteiger partial charge on any atom is -0.434 e. The predicted molar refractivity (Wildman–Crippen MR) is 133 cm³/mol. The first-order chi connectivity index (χ1) is 17.4. The van der Waals surface area contributed by atoms with Gasteiger partial charge in [-0.2, -0.15) is 8.78 Å². The molecule has 10 heteroatoms. The number of aryl methyl sites for hydroxylation is 1. The van der Waals surface area contributed by atoms with Gasteiger partial charge < -0.3 is 25.4 Å². The average Bonchev–Trinajstić information content (AvgIpc) is 3.37. The van der Waals surface area contributed by atoms with Gasteiger partial charge in [-0.3, -0.25) is 4.79 Å². The first kappa shape index (κ1) is 25.3. The van der Waals surface area contributed by atoms with E-state index in [1.165, 1.54) is 6.07 Å². The van der Waals surface area contributed by atoms with Crippen molar-refractivity contribution in [3.63, 3.8) is 0 Å². The second kappa shape index (κ2) is 11.3. The maximum atomic E-state index is 12.9. The van der Waals surface area contributed by atoms with Crippen LogP contribution in [0.2, 0.25) is 0 Å². The number of anilines is 2. The molecule has 1 unspecified atom stereocenters. The summed E-state index contributed by atoms with van der Waals surface area (Å²) >= 11 is 0. The Labute approximate surface area is 208 Å². The molecule has 3 aromatic rings. The van der Waals surface area contributed by atoms with Gasteiger partial charge in [0.2, 0.25) is 5.95 Å². The average molecular weight is 498 g/mol. The third kappa shape index (κ3) is 5.71. The lowest BCUT2D eigenvalue weighted by Crippen LogP contribution is -2.33. The summed E-state index contributed by atoms with van der Waals surface area (Å²) in [5.74, 6) is 0.363. The van der Waals surface area contributed by atoms with Crippen molar-refractivity contribution in [1.29, 1.82) is 0 Å². The van der Waals surface area contributed by atoms with Gasteiger partial charge in [-0.25, -0.2) is 9.97 Å². The third-order valence-corrected chi connectivity index (χ3v) is 6.21. The number of benzene rings is 2. The molecule has 1 atom stereocenters. The highest BCUT2D eigenvalue weighted by atomic mass is 19.3. The molecule has 1 aliphatic rings. The van der Waals surface area contributed by atoms with Crippen LogP contribution < -0.4 is 20.3 Å². The van der Waals surface area contributed by atoms with Crippen molar-refractivity contribution in [2.24, 2.45) is 0 Å². The summed E-state index contributed by atoms with van der Waals surface area (Å²) in [6, 6.07) is 10.3. The van der Waals surface area contributed by atoms with Crippen LogP contribution in [0.3, 0.4) is 0 Å². The first-order valence-corrected chi connectivity index (χ1v) is 11.7. The zero-order valence-corrected chi connectivity index (χ0v) is 20.2. The van der Waals surface area contributed by atoms with E-state index in [0.717, 1.165) is 36.1 Å². The topological polar surface area (TPSA) is 99.6 Å². The number of rotatable bonds is 9. The normalized spacial score (nSPS) is 15.3. The summed E-state index contributed by atoms with van der Waals surface area (Å²) in [5.41, 5.74) is 3.91. The smallest absolute Gasteiger partial charge is 0.387 e. The molecule has 0 aliphatic carbocycles. The number of nitrogens with one attached hydrogen (secondary N) is 2. The number of hydrogen-bond donors (Lipinski definition) is 3. The van der Waals surface area contributed by atoms with E-state index in [1.54, 1.807) is 49.8 Å². The molecule has 0 radical (unpaired) electrons. The highest BCUT2D eigenvalue weighted by Crippen LogP contribution is 2.29. The van der Waals surface area contributed by atoms with Gasteiger partial charge in [0, 0.05) is 49.3 Å². The number of alkyl halides is 2. The highest BCUT2D eigenvalue weighted by Gasteiger charge is 2.25. The zero-order chi connectivity index (χ0) is 25.7. The minimum atomic E-state index is -2.94. The Bertz CT molecular complexity index is 1210. The van der Waals surface area contributed by atoms with Gasteiger partial charge in [0.1, 0.15) is 5.75 Å². The van der Waals surface area contributed by atoms with Gasteiger partial charge in [-0.1, -0.05) is 23.8 Å². The van der Waals surface area contributed by atoms with Crippen LogP contribution >= 0.6 is 0 Å². The molecule has 8 nitrogen and oxygen atoms in total. The van der Waals surface area contributed by atoms with E-state index in [-0.39, 0.29) is 30.9 Å². The molecule has 1 aromatic heterocycles. The number of hydrogen-bond acceptors (Lipinski definition) is 7. The largest absolute Gasteiger partial charge is 0.434 e. The fraction of sp³-hybridized carbons (Fsp3) is 0.346. The summed E-state index contributed by atoms with van der Waals surface area (Å²) in [6.45, 7) is -0.0420. The van der Waals surface area contributed by atoms with Crippen molar-refractivity contribution in [3.05, 3.63) is 65.5 Å². The Morgan fingerprint density at radius 2 is 1.97 bits per heavy atom. The van der Waals surface area contributed by atoms with Crippen molar-refractivity contribution in [2.75, 3.05) is 30.4 Å². The van der Waals surface area contributed by atoms with Gasteiger partial charge in [0.25, 0.3) is 5.91 Å². The molecular weight excluding hydrogens is 468 g/mol. The standard InChI is InChI=1S/C26H29F2N5O3/c1-16-5-8-23(36-25(27)28)18(10-16)12-30-22-11-17(6-7-21(22)24(35)29-2)19-13-31-26(32-14-19)33-9-3-4-20(33)15-34/h5-8,10-11,13-14,20,25,30,34H,3-4,9,12,15H2,1-2H3,(H,29,35). The van der Waals surface area contributed by atoms with Gasteiger partial charge in [0.05, 0.1) is 18.2 Å². The number of carbonyl (C=O) groups is 1. The van der Waals surface area contributed by atoms with Gasteiger partial charge in [-0.05, 0) is 43.5 Å². The number of nitrogens with zero attached hydrogens (tertiary/aromatic N) is 3. The van der Waals surface area contributed by atoms with E-state index in [0.29, 0.717) is 22.8 Å². The Kier molecular flexibility index (Phi) is 7.94. The Morgan fingerprint density at radius 1 is 1.19 bits per heavy atom. The molecule has 0 bridgehead atoms. The molecule has 36 heavy (non-hydrogen) atoms. The molecule has 1 aliphatic heterocycles. The molecule has 1 saturated heterocycles. The first-order valence-electron chi connectivity index (χ1n) is 11.7. The summed E-state index contributed by atoms with van der Waals surface area (Å²) in [4.78, 5) is 23.5. The summed E-state index contributed by atoms with van der Waals surface area (Å²) in [6.07, 6.45) is 5.31. The molecule has 1 amide bonds. The van der Waals surface area contributed by atoms with Crippen LogP contribution in [-0.2, 0) is 6.54 Å². The van der Waals surface area contributed by atoms with E-state index in [4.69, 9.17) is 0 Å². The Hall–Kier alpha value is -3.79. The van der Waals surface area contributed by atoms with E-state index >= 15 is 0 Å². The van der Waals surface area contributed by atoms with Crippen LogP contribution in [-0.4, -0.2) is 53.8 Å². The number of aliphatic hydroxyl groups is 1. The Balaban J connectivity index is 1.60. The van der Waals surface area contributed by atoms with E-state index in [2.05, 4.69) is 25.3 Å². The molecule has 4 rings (SSSR count). The number of carbonyl (C=O) groups excluding carboxylic acids is 1. The SMILES string of the molecule is CNC(=O)c1ccc(-c2cnc(N3CCCC3CO)nc2)cc1NCc1cc(C)ccc1OC(F)F. The van der Waals surface area contributed by atoms with Crippen LogP contribution in [0.5, 0.6) is 5.75 Å². The van der Waals surface area contributed by atoms with E-state index in [9.17, 15) is 18.7 Å². The zero-order valence-electron chi connectivity index (χ0n) is 20.2. The number of amides is 1. The van der Waals surface area contributed by atoms with Crippen LogP contribution in [0.4, 0.5) is 20.4 Å². The minimum absolute atomic E-state index is 0.0269. The molecule has 2 aromatic carbocycles. The fourth-order valence-electron chi connectivity index (χ4n) is 4.36. The van der Waals surface area contributed by atoms with Crippen LogP contribution in [0.25, 0.3) is 11.1 Å². The second-order valence-electron chi connectivity index (χ2n) is 8.63. The van der Waals surface area contributed by atoms with Gasteiger partial charge in [0.15, 0.2) is 0 Å². The van der Waals surface area contributed by atoms with Crippen molar-refractivity contribution in [3.8, 4) is 16.9 Å². The summed E-state index contributed by atoms with van der Waals surface area (Å²) in [5, 5.41) is 15.4. The molecule has 1 fully saturated rings. The van der Waals surface area contributed by atoms with Gasteiger partial charge in [-0.15, -0.1) is 0 Å². The third-order valence-electron chi connectivity index (χ3n) is 6.21. The monoisotopic (exact) mass is 497 g/mol. The number of halogens is 2. The van der Waals surface area contributed by atoms with Crippen molar-refractivity contribution < 1.29 is 23.4 Å². The van der Waals surface area contributed by atoms with Crippen LogP contribution in [0.1, 0.15) is 34.3 Å². The van der Waals surface area contributed by atoms with E-state index in [1.807, 2.05) is 11.8 Å². The number of aliphatic hydroxyl groups excluding tert-OH is 1. The van der Waals surface area contributed by atoms with Crippen LogP contribution in [0.15, 0.2) is 48.8 Å². The molecule has 190 valence electrons. The van der Waals surface area contributed by atoms with Crippen molar-refractivity contribution >= 4 is 17.5 Å². The highest BCUT2D eigenvalue weighted by molar-refractivity contribution is 6.00. The van der Waals surface area contributed by atoms with E-state index < -0.39 is 6.61 Å². The summed E-state index contributed by atoms with van der Waals surface area (Å²) in [7, 11) is 1.54. The molecule has 0 saturated carbocycles. The number of aromatic nitrogens is 2. The molecule has 0 spiro atoms. The lowest BCUT2D eigenvalue weighted by molar-refractivity contribution is -0.0504. The quantitative estimate of drug-likeness (QED) is 0.411. The molecule has 3 N–H and O–H groups in total. The van der Waals surface area contributed by atoms with Crippen molar-refractivity contribution in [2.45, 2.75) is 39.0 Å². The lowest BCUT2D eigenvalue weighted by atomic mass is 10.0. The fourth-order valence-corrected chi connectivity index (χ4v) is 4.36.